The molecule has 0 N–H and O–H groups in total. The Morgan fingerprint density at radius 1 is 0.926 bits per heavy atom. The van der Waals surface area contributed by atoms with Crippen molar-refractivity contribution in [2.75, 3.05) is 50.7 Å². The van der Waals surface area contributed by atoms with Crippen molar-refractivity contribution in [1.29, 1.82) is 0 Å². The zero-order valence-corrected chi connectivity index (χ0v) is 16.1. The van der Waals surface area contributed by atoms with E-state index >= 15 is 0 Å². The Morgan fingerprint density at radius 3 is 2.44 bits per heavy atom. The molecule has 2 aliphatic heterocycles. The third kappa shape index (κ3) is 4.51. The number of Topliss-reactive ketones (excluding diaryl/α,β-unsaturated/α-hetero) is 1. The number of hydrogen-bond acceptors (Lipinski definition) is 5. The summed E-state index contributed by atoms with van der Waals surface area (Å²) in [6.07, 6.45) is 1.05. The van der Waals surface area contributed by atoms with Crippen LogP contribution in [0.2, 0.25) is 0 Å². The van der Waals surface area contributed by atoms with Crippen molar-refractivity contribution in [3.8, 4) is 0 Å². The van der Waals surface area contributed by atoms with Crippen molar-refractivity contribution < 1.29 is 9.18 Å². The molecule has 0 atom stereocenters. The summed E-state index contributed by atoms with van der Waals surface area (Å²) < 4.78 is 15.2. The number of halogens is 1. The Labute approximate surface area is 164 Å². The van der Waals surface area contributed by atoms with E-state index in [1.54, 1.807) is 11.9 Å². The Morgan fingerprint density at radius 2 is 1.67 bits per heavy atom. The lowest BCUT2D eigenvalue weighted by molar-refractivity contribution is 0.0961. The van der Waals surface area contributed by atoms with E-state index in [1.807, 2.05) is 36.4 Å². The molecule has 0 spiro atoms. The van der Waals surface area contributed by atoms with Gasteiger partial charge in [0.15, 0.2) is 5.78 Å². The number of fused-ring (bicyclic) bond motifs is 1. The number of hydrogen-bond donors (Lipinski definition) is 0. The normalized spacial score (nSPS) is 18.6. The molecule has 1 fully saturated rings. The number of ketones is 1. The van der Waals surface area contributed by atoms with Gasteiger partial charge in [-0.3, -0.25) is 9.69 Å². The average molecular weight is 386 g/mol. The Hall–Kier alpha value is -1.89. The van der Waals surface area contributed by atoms with E-state index in [4.69, 9.17) is 0 Å². The van der Waals surface area contributed by atoms with Crippen LogP contribution in [0.5, 0.6) is 0 Å². The number of carbonyl (C=O) groups is 1. The van der Waals surface area contributed by atoms with Crippen molar-refractivity contribution in [2.24, 2.45) is 0 Å². The monoisotopic (exact) mass is 385 g/mol. The van der Waals surface area contributed by atoms with Crippen molar-refractivity contribution in [2.45, 2.75) is 11.3 Å². The molecule has 2 aromatic rings. The van der Waals surface area contributed by atoms with Crippen LogP contribution in [0, 0.1) is 5.82 Å². The van der Waals surface area contributed by atoms with Crippen LogP contribution < -0.4 is 4.90 Å². The third-order valence-corrected chi connectivity index (χ3v) is 6.30. The summed E-state index contributed by atoms with van der Waals surface area (Å²) in [5, 5.41) is 0. The lowest BCUT2D eigenvalue weighted by Crippen LogP contribution is -2.47. The van der Waals surface area contributed by atoms with Crippen LogP contribution in [-0.2, 0) is 0 Å². The maximum absolute atomic E-state index is 13.1. The Kier molecular flexibility index (Phi) is 5.76. The molecule has 4 nitrogen and oxygen atoms in total. The van der Waals surface area contributed by atoms with Gasteiger partial charge in [0.05, 0.1) is 6.54 Å². The lowest BCUT2D eigenvalue weighted by atomic mass is 10.1. The van der Waals surface area contributed by atoms with Gasteiger partial charge in [-0.15, -0.1) is 0 Å². The fourth-order valence-corrected chi connectivity index (χ4v) is 4.77. The topological polar surface area (TPSA) is 26.8 Å². The molecular formula is C21H24FN3OS. The molecule has 142 valence electrons. The molecule has 2 aliphatic rings. The van der Waals surface area contributed by atoms with E-state index in [1.165, 1.54) is 12.1 Å². The van der Waals surface area contributed by atoms with Crippen LogP contribution in [-0.4, -0.2) is 60.8 Å². The van der Waals surface area contributed by atoms with Gasteiger partial charge in [0.1, 0.15) is 5.82 Å². The first-order valence-corrected chi connectivity index (χ1v) is 10.2. The highest BCUT2D eigenvalue weighted by atomic mass is 32.2. The maximum Gasteiger partial charge on any atom is 0.178 e. The number of anilines is 1. The minimum atomic E-state index is -0.186. The minimum Gasteiger partial charge on any atom is -0.369 e. The van der Waals surface area contributed by atoms with Crippen LogP contribution in [0.3, 0.4) is 0 Å². The highest BCUT2D eigenvalue weighted by molar-refractivity contribution is 7.97. The van der Waals surface area contributed by atoms with Gasteiger partial charge in [-0.1, -0.05) is 18.2 Å². The molecule has 0 amide bonds. The molecule has 6 heteroatoms. The van der Waals surface area contributed by atoms with Crippen molar-refractivity contribution >= 4 is 23.4 Å². The molecule has 4 rings (SSSR count). The van der Waals surface area contributed by atoms with Crippen LogP contribution in [0.15, 0.2) is 53.4 Å². The van der Waals surface area contributed by atoms with Gasteiger partial charge in [0, 0.05) is 48.9 Å². The minimum absolute atomic E-state index is 0.186. The van der Waals surface area contributed by atoms with Crippen molar-refractivity contribution in [3.05, 3.63) is 59.9 Å². The maximum atomic E-state index is 13.1. The Bertz CT molecular complexity index is 790. The predicted octanol–water partition coefficient (Wildman–Crippen LogP) is 3.54. The summed E-state index contributed by atoms with van der Waals surface area (Å²) in [5.41, 5.74) is 1.95. The molecule has 2 heterocycles. The average Bonchev–Trinajstić information content (AvgIpc) is 2.69. The summed E-state index contributed by atoms with van der Waals surface area (Å²) >= 11 is 1.70. The zero-order valence-electron chi connectivity index (χ0n) is 15.3. The van der Waals surface area contributed by atoms with Crippen LogP contribution >= 0.6 is 11.9 Å². The standard InChI is InChI=1S/C21H24FN3OS/c22-17-6-8-18(9-7-17)24-14-12-23(13-15-24)10-3-11-25-16-20(26)19-4-1-2-5-21(19)27-25/h1-2,4-9H,3,10-16H2. The van der Waals surface area contributed by atoms with E-state index in [0.29, 0.717) is 6.54 Å². The van der Waals surface area contributed by atoms with Gasteiger partial charge in [-0.2, -0.15) is 0 Å². The van der Waals surface area contributed by atoms with Gasteiger partial charge in [-0.05, 0) is 55.2 Å². The van der Waals surface area contributed by atoms with Crippen LogP contribution in [0.4, 0.5) is 10.1 Å². The number of carbonyl (C=O) groups excluding carboxylic acids is 1. The summed E-state index contributed by atoms with van der Waals surface area (Å²) in [6, 6.07) is 14.6. The third-order valence-electron chi connectivity index (χ3n) is 5.18. The number of benzene rings is 2. The second kappa shape index (κ2) is 8.42. The van der Waals surface area contributed by atoms with E-state index < -0.39 is 0 Å². The first-order chi connectivity index (χ1) is 13.2. The molecule has 1 saturated heterocycles. The van der Waals surface area contributed by atoms with Gasteiger partial charge >= 0.3 is 0 Å². The number of rotatable bonds is 5. The second-order valence-electron chi connectivity index (χ2n) is 7.03. The van der Waals surface area contributed by atoms with Gasteiger partial charge < -0.3 is 4.90 Å². The molecule has 0 saturated carbocycles. The SMILES string of the molecule is O=C1CN(CCCN2CCN(c3ccc(F)cc3)CC2)Sc2ccccc21. The molecule has 0 aromatic heterocycles. The first-order valence-electron chi connectivity index (χ1n) is 9.47. The van der Waals surface area contributed by atoms with Gasteiger partial charge in [0.2, 0.25) is 0 Å². The first kappa shape index (κ1) is 18.5. The van der Waals surface area contributed by atoms with Gasteiger partial charge in [0.25, 0.3) is 0 Å². The summed E-state index contributed by atoms with van der Waals surface area (Å²) in [6.45, 7) is 6.44. The fraction of sp³-hybridized carbons (Fsp3) is 0.381. The molecule has 0 aliphatic carbocycles. The highest BCUT2D eigenvalue weighted by Gasteiger charge is 2.23. The van der Waals surface area contributed by atoms with E-state index in [2.05, 4.69) is 14.1 Å². The summed E-state index contributed by atoms with van der Waals surface area (Å²) in [4.78, 5) is 18.1. The lowest BCUT2D eigenvalue weighted by Gasteiger charge is -2.36. The molecule has 27 heavy (non-hydrogen) atoms. The van der Waals surface area contributed by atoms with Crippen LogP contribution in [0.1, 0.15) is 16.8 Å². The van der Waals surface area contributed by atoms with Crippen molar-refractivity contribution in [3.63, 3.8) is 0 Å². The largest absolute Gasteiger partial charge is 0.369 e. The van der Waals surface area contributed by atoms with Gasteiger partial charge in [-0.25, -0.2) is 8.70 Å². The smallest absolute Gasteiger partial charge is 0.178 e. The summed E-state index contributed by atoms with van der Waals surface area (Å²) in [7, 11) is 0. The molecular weight excluding hydrogens is 361 g/mol. The summed E-state index contributed by atoms with van der Waals surface area (Å²) in [5.74, 6) is 0.0336. The fourth-order valence-electron chi connectivity index (χ4n) is 3.67. The Balaban J connectivity index is 1.21. The van der Waals surface area contributed by atoms with E-state index in [9.17, 15) is 9.18 Å². The van der Waals surface area contributed by atoms with Crippen molar-refractivity contribution in [1.82, 2.24) is 9.21 Å². The number of piperazine rings is 1. The molecule has 0 bridgehead atoms. The zero-order chi connectivity index (χ0) is 18.6. The van der Waals surface area contributed by atoms with E-state index in [0.717, 1.165) is 61.8 Å². The molecule has 2 aromatic carbocycles. The molecule has 0 radical (unpaired) electrons. The highest BCUT2D eigenvalue weighted by Crippen LogP contribution is 2.31. The van der Waals surface area contributed by atoms with E-state index in [-0.39, 0.29) is 11.6 Å². The quantitative estimate of drug-likeness (QED) is 0.734. The second-order valence-corrected chi connectivity index (χ2v) is 8.17. The number of nitrogens with zero attached hydrogens (tertiary/aromatic N) is 3. The molecule has 0 unspecified atom stereocenters. The predicted molar refractivity (Wildman–Crippen MR) is 108 cm³/mol. The van der Waals surface area contributed by atoms with Crippen LogP contribution in [0.25, 0.3) is 0 Å².